The smallest absolute Gasteiger partial charge is 0.433 e. The number of hydrogen-bond donors (Lipinski definition) is 1. The van der Waals surface area contributed by atoms with Crippen LogP contribution in [0.4, 0.5) is 24.5 Å². The van der Waals surface area contributed by atoms with Gasteiger partial charge in [-0.15, -0.1) is 0 Å². The molecule has 3 heterocycles. The zero-order valence-electron chi connectivity index (χ0n) is 17.9. The number of aromatic amines is 1. The van der Waals surface area contributed by atoms with Crippen LogP contribution in [0.5, 0.6) is 5.75 Å². The average Bonchev–Trinajstić information content (AvgIpc) is 3.34. The number of H-pyrrole nitrogens is 1. The lowest BCUT2D eigenvalue weighted by atomic mass is 10.0. The molecule has 0 bridgehead atoms. The average molecular weight is 453 g/mol. The Labute approximate surface area is 188 Å². The lowest BCUT2D eigenvalue weighted by molar-refractivity contribution is -0.140. The van der Waals surface area contributed by atoms with E-state index in [1.807, 2.05) is 30.3 Å². The molecule has 2 aromatic carbocycles. The first kappa shape index (κ1) is 21.1. The van der Waals surface area contributed by atoms with E-state index < -0.39 is 11.9 Å². The number of aromatic nitrogens is 3. The number of halogens is 3. The van der Waals surface area contributed by atoms with Gasteiger partial charge in [0.2, 0.25) is 0 Å². The Hall–Kier alpha value is -3.75. The number of para-hydroxylation sites is 2. The van der Waals surface area contributed by atoms with Crippen LogP contribution in [0, 0.1) is 0 Å². The maximum Gasteiger partial charge on any atom is 0.433 e. The van der Waals surface area contributed by atoms with Crippen molar-refractivity contribution in [2.24, 2.45) is 0 Å². The summed E-state index contributed by atoms with van der Waals surface area (Å²) in [6.45, 7) is 3.12. The van der Waals surface area contributed by atoms with Crippen LogP contribution < -0.4 is 14.5 Å². The van der Waals surface area contributed by atoms with E-state index in [9.17, 15) is 13.2 Å². The lowest BCUT2D eigenvalue weighted by Gasteiger charge is -2.38. The van der Waals surface area contributed by atoms with Gasteiger partial charge in [-0.3, -0.25) is 10.1 Å². The van der Waals surface area contributed by atoms with Crippen LogP contribution in [-0.4, -0.2) is 48.5 Å². The number of ether oxygens (including phenoxy) is 1. The molecule has 1 aliphatic rings. The SMILES string of the molecule is COc1ccccc1N1CCN(c2ccnc3ccc(-c4cn[nH]c4C(F)(F)F)cc23)CC1. The summed E-state index contributed by atoms with van der Waals surface area (Å²) in [6, 6.07) is 15.0. The molecule has 2 aromatic heterocycles. The van der Waals surface area contributed by atoms with Gasteiger partial charge in [-0.25, -0.2) is 0 Å². The van der Waals surface area contributed by atoms with E-state index in [0.717, 1.165) is 54.2 Å². The van der Waals surface area contributed by atoms with Crippen LogP contribution >= 0.6 is 0 Å². The van der Waals surface area contributed by atoms with Crippen molar-refractivity contribution in [1.29, 1.82) is 0 Å². The summed E-state index contributed by atoms with van der Waals surface area (Å²) in [4.78, 5) is 8.95. The van der Waals surface area contributed by atoms with Crippen LogP contribution in [0.3, 0.4) is 0 Å². The quantitative estimate of drug-likeness (QED) is 0.472. The maximum absolute atomic E-state index is 13.4. The van der Waals surface area contributed by atoms with Gasteiger partial charge >= 0.3 is 6.18 Å². The van der Waals surface area contributed by atoms with Gasteiger partial charge < -0.3 is 14.5 Å². The largest absolute Gasteiger partial charge is 0.495 e. The molecule has 170 valence electrons. The van der Waals surface area contributed by atoms with Crippen LogP contribution in [-0.2, 0) is 6.18 Å². The number of methoxy groups -OCH3 is 1. The number of pyridine rings is 1. The third kappa shape index (κ3) is 3.94. The fraction of sp³-hybridized carbons (Fsp3) is 0.250. The Balaban J connectivity index is 1.45. The zero-order valence-corrected chi connectivity index (χ0v) is 17.9. The molecule has 0 radical (unpaired) electrons. The molecule has 0 amide bonds. The number of hydrogen-bond acceptors (Lipinski definition) is 5. The van der Waals surface area contributed by atoms with Crippen LogP contribution in [0.2, 0.25) is 0 Å². The first-order valence-electron chi connectivity index (χ1n) is 10.6. The summed E-state index contributed by atoms with van der Waals surface area (Å²) in [6.07, 6.45) is -1.55. The number of rotatable bonds is 4. The highest BCUT2D eigenvalue weighted by Crippen LogP contribution is 2.38. The van der Waals surface area contributed by atoms with Crippen molar-refractivity contribution in [3.05, 3.63) is 66.6 Å². The first-order chi connectivity index (χ1) is 16.0. The minimum absolute atomic E-state index is 0.0280. The van der Waals surface area contributed by atoms with E-state index in [4.69, 9.17) is 4.74 Å². The standard InChI is InChI=1S/C24H22F3N5O/c1-33-22-5-3-2-4-21(22)32-12-10-31(11-13-32)20-8-9-28-19-7-6-16(14-17(19)20)18-15-29-30-23(18)24(25,26)27/h2-9,14-15H,10-13H2,1H3,(H,29,30). The van der Waals surface area contributed by atoms with Crippen LogP contribution in [0.15, 0.2) is 60.9 Å². The molecule has 0 saturated carbocycles. The second-order valence-corrected chi connectivity index (χ2v) is 7.86. The lowest BCUT2D eigenvalue weighted by Crippen LogP contribution is -2.46. The normalized spacial score (nSPS) is 14.7. The minimum atomic E-state index is -4.51. The fourth-order valence-electron chi connectivity index (χ4n) is 4.38. The number of benzene rings is 2. The van der Waals surface area contributed by atoms with Gasteiger partial charge in [0.25, 0.3) is 0 Å². The molecule has 9 heteroatoms. The highest BCUT2D eigenvalue weighted by molar-refractivity contribution is 5.95. The van der Waals surface area contributed by atoms with E-state index in [1.165, 1.54) is 6.20 Å². The van der Waals surface area contributed by atoms with Gasteiger partial charge in [0.05, 0.1) is 24.5 Å². The highest BCUT2D eigenvalue weighted by atomic mass is 19.4. The molecule has 1 fully saturated rings. The number of nitrogens with one attached hydrogen (secondary N) is 1. The van der Waals surface area contributed by atoms with E-state index >= 15 is 0 Å². The summed E-state index contributed by atoms with van der Waals surface area (Å²) >= 11 is 0. The fourth-order valence-corrected chi connectivity index (χ4v) is 4.38. The third-order valence-corrected chi connectivity index (χ3v) is 6.00. The Morgan fingerprint density at radius 2 is 1.67 bits per heavy atom. The monoisotopic (exact) mass is 453 g/mol. The maximum atomic E-state index is 13.4. The van der Waals surface area contributed by atoms with Crippen molar-refractivity contribution < 1.29 is 17.9 Å². The van der Waals surface area contributed by atoms with Crippen LogP contribution in [0.25, 0.3) is 22.0 Å². The highest BCUT2D eigenvalue weighted by Gasteiger charge is 2.36. The number of nitrogens with zero attached hydrogens (tertiary/aromatic N) is 4. The van der Waals surface area contributed by atoms with E-state index in [1.54, 1.807) is 31.5 Å². The zero-order chi connectivity index (χ0) is 23.0. The summed E-state index contributed by atoms with van der Waals surface area (Å²) in [5, 5.41) is 6.52. The first-order valence-corrected chi connectivity index (χ1v) is 10.6. The van der Waals surface area contributed by atoms with E-state index in [-0.39, 0.29) is 5.56 Å². The second kappa shape index (κ2) is 8.31. The number of fused-ring (bicyclic) bond motifs is 1. The van der Waals surface area contributed by atoms with Crippen molar-refractivity contribution in [2.75, 3.05) is 43.1 Å². The third-order valence-electron chi connectivity index (χ3n) is 6.00. The van der Waals surface area contributed by atoms with Gasteiger partial charge in [0.15, 0.2) is 0 Å². The minimum Gasteiger partial charge on any atom is -0.495 e. The molecule has 1 aliphatic heterocycles. The molecule has 0 aliphatic carbocycles. The molecule has 5 rings (SSSR count). The van der Waals surface area contributed by atoms with Gasteiger partial charge in [0.1, 0.15) is 11.4 Å². The summed E-state index contributed by atoms with van der Waals surface area (Å²) < 4.78 is 45.6. The molecule has 1 saturated heterocycles. The predicted molar refractivity (Wildman–Crippen MR) is 122 cm³/mol. The van der Waals surface area contributed by atoms with Crippen molar-refractivity contribution in [2.45, 2.75) is 6.18 Å². The van der Waals surface area contributed by atoms with Crippen molar-refractivity contribution in [3.63, 3.8) is 0 Å². The number of piperazine rings is 1. The number of alkyl halides is 3. The Bertz CT molecular complexity index is 1280. The van der Waals surface area contributed by atoms with Gasteiger partial charge in [-0.2, -0.15) is 18.3 Å². The molecule has 1 N–H and O–H groups in total. The van der Waals surface area contributed by atoms with Gasteiger partial charge in [-0.05, 0) is 35.9 Å². The molecular formula is C24H22F3N5O. The summed E-state index contributed by atoms with van der Waals surface area (Å²) in [7, 11) is 1.67. The molecule has 6 nitrogen and oxygen atoms in total. The Morgan fingerprint density at radius 1 is 0.939 bits per heavy atom. The van der Waals surface area contributed by atoms with Crippen LogP contribution in [0.1, 0.15) is 5.69 Å². The topological polar surface area (TPSA) is 57.3 Å². The Kier molecular flexibility index (Phi) is 5.32. The molecule has 0 spiro atoms. The summed E-state index contributed by atoms with van der Waals surface area (Å²) in [5.74, 6) is 0.838. The Morgan fingerprint density at radius 3 is 2.39 bits per heavy atom. The van der Waals surface area contributed by atoms with Crippen molar-refractivity contribution >= 4 is 22.3 Å². The van der Waals surface area contributed by atoms with Gasteiger partial charge in [0, 0.05) is 49.0 Å². The van der Waals surface area contributed by atoms with Crippen molar-refractivity contribution in [3.8, 4) is 16.9 Å². The van der Waals surface area contributed by atoms with Crippen molar-refractivity contribution in [1.82, 2.24) is 15.2 Å². The number of anilines is 2. The van der Waals surface area contributed by atoms with E-state index in [0.29, 0.717) is 5.56 Å². The molecular weight excluding hydrogens is 431 g/mol. The molecule has 33 heavy (non-hydrogen) atoms. The molecule has 0 atom stereocenters. The summed E-state index contributed by atoms with van der Waals surface area (Å²) in [5.41, 5.74) is 2.38. The van der Waals surface area contributed by atoms with Gasteiger partial charge in [-0.1, -0.05) is 18.2 Å². The molecule has 4 aromatic rings. The molecule has 0 unspecified atom stereocenters. The predicted octanol–water partition coefficient (Wildman–Crippen LogP) is 4.98. The van der Waals surface area contributed by atoms with E-state index in [2.05, 4.69) is 25.0 Å². The second-order valence-electron chi connectivity index (χ2n) is 7.86.